The van der Waals surface area contributed by atoms with E-state index in [-0.39, 0.29) is 12.1 Å². The molecule has 3 unspecified atom stereocenters. The summed E-state index contributed by atoms with van der Waals surface area (Å²) < 4.78 is 11.4. The van der Waals surface area contributed by atoms with Crippen LogP contribution in [0.4, 0.5) is 0 Å². The van der Waals surface area contributed by atoms with E-state index in [1.165, 1.54) is 64.2 Å². The Morgan fingerprint density at radius 3 is 2.40 bits per heavy atom. The maximum atomic E-state index is 6.07. The van der Waals surface area contributed by atoms with Gasteiger partial charge in [0.15, 0.2) is 5.79 Å². The second-order valence-electron chi connectivity index (χ2n) is 8.33. The standard InChI is InChI=1S/C22H43NO2/c1-5-6-7-8-9-10-12-15-19(2)16-13-11-14-17-21-20(23)18-24-22(3,4)25-21/h14,17,19-21H,5-13,15-16,18,23H2,1-4H3/b17-14+. The Bertz CT molecular complexity index is 354. The lowest BCUT2D eigenvalue weighted by Gasteiger charge is -2.38. The molecule has 0 spiro atoms. The first-order chi connectivity index (χ1) is 11.9. The summed E-state index contributed by atoms with van der Waals surface area (Å²) >= 11 is 0. The first kappa shape index (κ1) is 22.7. The number of rotatable bonds is 13. The molecule has 2 N–H and O–H groups in total. The highest BCUT2D eigenvalue weighted by molar-refractivity contribution is 4.97. The van der Waals surface area contributed by atoms with Gasteiger partial charge in [-0.25, -0.2) is 0 Å². The molecule has 1 heterocycles. The van der Waals surface area contributed by atoms with Crippen molar-refractivity contribution >= 4 is 0 Å². The Balaban J connectivity index is 2.02. The monoisotopic (exact) mass is 353 g/mol. The molecule has 0 aromatic carbocycles. The van der Waals surface area contributed by atoms with Crippen molar-refractivity contribution in [2.45, 2.75) is 116 Å². The van der Waals surface area contributed by atoms with Crippen molar-refractivity contribution in [1.29, 1.82) is 0 Å². The zero-order valence-corrected chi connectivity index (χ0v) is 17.3. The van der Waals surface area contributed by atoms with Crippen LogP contribution in [0.2, 0.25) is 0 Å². The zero-order chi connectivity index (χ0) is 18.5. The number of allylic oxidation sites excluding steroid dienone is 1. The van der Waals surface area contributed by atoms with Gasteiger partial charge in [-0.1, -0.05) is 83.8 Å². The third kappa shape index (κ3) is 11.0. The van der Waals surface area contributed by atoms with E-state index < -0.39 is 5.79 Å². The van der Waals surface area contributed by atoms with Crippen molar-refractivity contribution in [2.24, 2.45) is 11.7 Å². The zero-order valence-electron chi connectivity index (χ0n) is 17.3. The van der Waals surface area contributed by atoms with Crippen molar-refractivity contribution in [3.8, 4) is 0 Å². The van der Waals surface area contributed by atoms with E-state index in [0.717, 1.165) is 12.3 Å². The van der Waals surface area contributed by atoms with Crippen LogP contribution in [0.25, 0.3) is 0 Å². The molecule has 0 radical (unpaired) electrons. The van der Waals surface area contributed by atoms with Crippen molar-refractivity contribution in [3.63, 3.8) is 0 Å². The second kappa shape index (κ2) is 12.9. The smallest absolute Gasteiger partial charge is 0.163 e. The lowest BCUT2D eigenvalue weighted by Crippen LogP contribution is -2.51. The van der Waals surface area contributed by atoms with Crippen LogP contribution in [0.5, 0.6) is 0 Å². The quantitative estimate of drug-likeness (QED) is 0.328. The van der Waals surface area contributed by atoms with Crippen LogP contribution in [0.1, 0.15) is 98.3 Å². The van der Waals surface area contributed by atoms with E-state index in [2.05, 4.69) is 26.0 Å². The topological polar surface area (TPSA) is 44.5 Å². The Morgan fingerprint density at radius 2 is 1.68 bits per heavy atom. The fourth-order valence-electron chi connectivity index (χ4n) is 3.43. The summed E-state index contributed by atoms with van der Waals surface area (Å²) in [6.45, 7) is 9.15. The Kier molecular flexibility index (Phi) is 11.7. The van der Waals surface area contributed by atoms with E-state index in [0.29, 0.717) is 6.61 Å². The molecule has 3 atom stereocenters. The second-order valence-corrected chi connectivity index (χ2v) is 8.33. The van der Waals surface area contributed by atoms with Gasteiger partial charge in [-0.3, -0.25) is 0 Å². The SMILES string of the molecule is CCCCCCCCCC(C)CCC/C=C/C1OC(C)(C)OCC1N. The number of nitrogens with two attached hydrogens (primary N) is 1. The molecule has 1 aliphatic heterocycles. The van der Waals surface area contributed by atoms with Crippen LogP contribution in [0.15, 0.2) is 12.2 Å². The molecule has 1 aliphatic rings. The summed E-state index contributed by atoms with van der Waals surface area (Å²) in [7, 11) is 0. The summed E-state index contributed by atoms with van der Waals surface area (Å²) in [5.74, 6) is 0.334. The minimum absolute atomic E-state index is 0.0196. The third-order valence-electron chi connectivity index (χ3n) is 5.16. The first-order valence-electron chi connectivity index (χ1n) is 10.7. The molecule has 3 nitrogen and oxygen atoms in total. The van der Waals surface area contributed by atoms with Gasteiger partial charge in [0, 0.05) is 0 Å². The molecular formula is C22H43NO2. The van der Waals surface area contributed by atoms with Crippen LogP contribution in [0, 0.1) is 5.92 Å². The molecule has 1 rings (SSSR count). The highest BCUT2D eigenvalue weighted by Gasteiger charge is 2.32. The fraction of sp³-hybridized carbons (Fsp3) is 0.909. The van der Waals surface area contributed by atoms with E-state index in [9.17, 15) is 0 Å². The highest BCUT2D eigenvalue weighted by atomic mass is 16.7. The van der Waals surface area contributed by atoms with Crippen molar-refractivity contribution in [1.82, 2.24) is 0 Å². The predicted octanol–water partition coefficient (Wildman–Crippen LogP) is 5.97. The lowest BCUT2D eigenvalue weighted by molar-refractivity contribution is -0.268. The summed E-state index contributed by atoms with van der Waals surface area (Å²) in [6, 6.07) is -0.0551. The Morgan fingerprint density at radius 1 is 1.04 bits per heavy atom. The minimum atomic E-state index is -0.518. The van der Waals surface area contributed by atoms with E-state index in [1.54, 1.807) is 0 Å². The average molecular weight is 354 g/mol. The van der Waals surface area contributed by atoms with Gasteiger partial charge in [0.2, 0.25) is 0 Å². The highest BCUT2D eigenvalue weighted by Crippen LogP contribution is 2.23. The van der Waals surface area contributed by atoms with Gasteiger partial charge < -0.3 is 15.2 Å². The molecular weight excluding hydrogens is 310 g/mol. The van der Waals surface area contributed by atoms with Crippen LogP contribution in [-0.4, -0.2) is 24.5 Å². The van der Waals surface area contributed by atoms with Crippen LogP contribution in [-0.2, 0) is 9.47 Å². The summed E-state index contributed by atoms with van der Waals surface area (Å²) in [5, 5.41) is 0. The molecule has 25 heavy (non-hydrogen) atoms. The number of ether oxygens (including phenoxy) is 2. The molecule has 1 fully saturated rings. The minimum Gasteiger partial charge on any atom is -0.349 e. The molecule has 0 bridgehead atoms. The van der Waals surface area contributed by atoms with Gasteiger partial charge >= 0.3 is 0 Å². The van der Waals surface area contributed by atoms with Gasteiger partial charge in [0.1, 0.15) is 0 Å². The largest absolute Gasteiger partial charge is 0.349 e. The predicted molar refractivity (Wildman–Crippen MR) is 108 cm³/mol. The maximum absolute atomic E-state index is 6.07. The summed E-state index contributed by atoms with van der Waals surface area (Å²) in [5.41, 5.74) is 6.07. The number of unbranched alkanes of at least 4 members (excludes halogenated alkanes) is 7. The molecule has 0 aromatic rings. The Hall–Kier alpha value is -0.380. The maximum Gasteiger partial charge on any atom is 0.163 e. The van der Waals surface area contributed by atoms with Crippen LogP contribution in [0.3, 0.4) is 0 Å². The fourth-order valence-corrected chi connectivity index (χ4v) is 3.43. The first-order valence-corrected chi connectivity index (χ1v) is 10.7. The number of hydrogen-bond donors (Lipinski definition) is 1. The Labute approximate surface area is 156 Å². The van der Waals surface area contributed by atoms with Crippen molar-refractivity contribution in [2.75, 3.05) is 6.61 Å². The van der Waals surface area contributed by atoms with Crippen molar-refractivity contribution < 1.29 is 9.47 Å². The summed E-state index contributed by atoms with van der Waals surface area (Å²) in [6.07, 6.45) is 19.3. The molecule has 0 aliphatic carbocycles. The molecule has 0 aromatic heterocycles. The third-order valence-corrected chi connectivity index (χ3v) is 5.16. The van der Waals surface area contributed by atoms with E-state index >= 15 is 0 Å². The van der Waals surface area contributed by atoms with Gasteiger partial charge in [-0.05, 0) is 32.6 Å². The molecule has 3 heteroatoms. The van der Waals surface area contributed by atoms with Gasteiger partial charge in [0.05, 0.1) is 18.8 Å². The van der Waals surface area contributed by atoms with Gasteiger partial charge in [-0.2, -0.15) is 0 Å². The van der Waals surface area contributed by atoms with Crippen LogP contribution >= 0.6 is 0 Å². The molecule has 0 amide bonds. The molecule has 0 saturated carbocycles. The summed E-state index contributed by atoms with van der Waals surface area (Å²) in [4.78, 5) is 0. The van der Waals surface area contributed by atoms with E-state index in [4.69, 9.17) is 15.2 Å². The van der Waals surface area contributed by atoms with Gasteiger partial charge in [-0.15, -0.1) is 0 Å². The normalized spacial score (nSPS) is 24.7. The van der Waals surface area contributed by atoms with Crippen molar-refractivity contribution in [3.05, 3.63) is 12.2 Å². The molecule has 148 valence electrons. The lowest BCUT2D eigenvalue weighted by atomic mass is 9.96. The van der Waals surface area contributed by atoms with E-state index in [1.807, 2.05) is 13.8 Å². The average Bonchev–Trinajstić information content (AvgIpc) is 2.56. The molecule has 1 saturated heterocycles. The number of hydrogen-bond acceptors (Lipinski definition) is 3. The van der Waals surface area contributed by atoms with Crippen LogP contribution < -0.4 is 5.73 Å². The van der Waals surface area contributed by atoms with Gasteiger partial charge in [0.25, 0.3) is 0 Å².